The lowest BCUT2D eigenvalue weighted by Crippen LogP contribution is -2.45. The van der Waals surface area contributed by atoms with Crippen LogP contribution in [0.5, 0.6) is 5.75 Å². The Hall–Kier alpha value is -2.09. The van der Waals surface area contributed by atoms with Gasteiger partial charge in [-0.3, -0.25) is 4.79 Å². The normalized spacial score (nSPS) is 16.8. The van der Waals surface area contributed by atoms with E-state index in [0.29, 0.717) is 5.69 Å². The maximum atomic E-state index is 13.3. The molecule has 1 N–H and O–H groups in total. The molecule has 1 amide bonds. The van der Waals surface area contributed by atoms with Gasteiger partial charge in [-0.25, -0.2) is 4.39 Å². The first kappa shape index (κ1) is 10.4. The fraction of sp³-hybridized carbons (Fsp3) is 0.273. The number of hydrogen-bond donors (Lipinski definition) is 1. The van der Waals surface area contributed by atoms with Crippen molar-refractivity contribution in [3.05, 3.63) is 23.5 Å². The number of benzene rings is 1. The van der Waals surface area contributed by atoms with Crippen LogP contribution in [-0.2, 0) is 4.79 Å². The smallest absolute Gasteiger partial charge is 0.268 e. The molecule has 1 aromatic rings. The van der Waals surface area contributed by atoms with Gasteiger partial charge in [-0.1, -0.05) is 0 Å². The number of nitrogens with one attached hydrogen (secondary N) is 1. The van der Waals surface area contributed by atoms with Crippen LogP contribution in [0.3, 0.4) is 0 Å². The number of ether oxygens (including phenoxy) is 1. The molecule has 82 valence electrons. The summed E-state index contributed by atoms with van der Waals surface area (Å²) in [7, 11) is 0. The first-order chi connectivity index (χ1) is 7.44. The van der Waals surface area contributed by atoms with Crippen molar-refractivity contribution in [2.75, 3.05) is 5.32 Å². The fourth-order valence-electron chi connectivity index (χ4n) is 1.42. The highest BCUT2D eigenvalue weighted by Gasteiger charge is 2.35. The van der Waals surface area contributed by atoms with E-state index in [0.717, 1.165) is 6.07 Å². The van der Waals surface area contributed by atoms with Crippen molar-refractivity contribution < 1.29 is 13.9 Å². The monoisotopic (exact) mass is 220 g/mol. The SMILES string of the molecule is CC1(C)Oc2cc(F)c(C#N)cc2NC1=O. The molecule has 0 spiro atoms. The van der Waals surface area contributed by atoms with Gasteiger partial charge >= 0.3 is 0 Å². The van der Waals surface area contributed by atoms with Gasteiger partial charge in [0.15, 0.2) is 5.60 Å². The van der Waals surface area contributed by atoms with E-state index in [2.05, 4.69) is 5.32 Å². The summed E-state index contributed by atoms with van der Waals surface area (Å²) in [6, 6.07) is 4.07. The second-order valence-electron chi connectivity index (χ2n) is 4.01. The summed E-state index contributed by atoms with van der Waals surface area (Å²) >= 11 is 0. The lowest BCUT2D eigenvalue weighted by molar-refractivity contribution is -0.129. The van der Waals surface area contributed by atoms with Gasteiger partial charge in [0.25, 0.3) is 5.91 Å². The molecule has 0 radical (unpaired) electrons. The molecule has 1 aromatic carbocycles. The zero-order valence-corrected chi connectivity index (χ0v) is 8.80. The van der Waals surface area contributed by atoms with Gasteiger partial charge in [0.1, 0.15) is 17.6 Å². The lowest BCUT2D eigenvalue weighted by atomic mass is 10.0. The number of nitrogens with zero attached hydrogens (tertiary/aromatic N) is 1. The molecule has 0 saturated carbocycles. The van der Waals surface area contributed by atoms with Gasteiger partial charge in [-0.05, 0) is 19.9 Å². The van der Waals surface area contributed by atoms with Crippen molar-refractivity contribution in [2.24, 2.45) is 0 Å². The minimum atomic E-state index is -1.03. The van der Waals surface area contributed by atoms with E-state index in [-0.39, 0.29) is 17.2 Å². The topological polar surface area (TPSA) is 62.1 Å². The molecule has 0 bridgehead atoms. The maximum absolute atomic E-state index is 13.3. The molecule has 1 aliphatic rings. The van der Waals surface area contributed by atoms with E-state index < -0.39 is 11.4 Å². The number of anilines is 1. The van der Waals surface area contributed by atoms with Crippen LogP contribution in [-0.4, -0.2) is 11.5 Å². The lowest BCUT2D eigenvalue weighted by Gasteiger charge is -2.31. The maximum Gasteiger partial charge on any atom is 0.268 e. The van der Waals surface area contributed by atoms with Gasteiger partial charge in [0, 0.05) is 6.07 Å². The van der Waals surface area contributed by atoms with Gasteiger partial charge in [-0.15, -0.1) is 0 Å². The highest BCUT2D eigenvalue weighted by molar-refractivity contribution is 6.00. The Balaban J connectivity index is 2.54. The van der Waals surface area contributed by atoms with E-state index in [1.165, 1.54) is 6.07 Å². The second-order valence-corrected chi connectivity index (χ2v) is 4.01. The Kier molecular flexibility index (Phi) is 2.09. The predicted molar refractivity (Wildman–Crippen MR) is 54.5 cm³/mol. The van der Waals surface area contributed by atoms with Gasteiger partial charge in [-0.2, -0.15) is 5.26 Å². The Morgan fingerprint density at radius 3 is 2.81 bits per heavy atom. The summed E-state index contributed by atoms with van der Waals surface area (Å²) < 4.78 is 18.7. The average Bonchev–Trinajstić information content (AvgIpc) is 2.19. The average molecular weight is 220 g/mol. The van der Waals surface area contributed by atoms with Crippen LogP contribution < -0.4 is 10.1 Å². The molecule has 0 aliphatic carbocycles. The molecule has 0 atom stereocenters. The molecule has 1 aliphatic heterocycles. The van der Waals surface area contributed by atoms with E-state index in [1.807, 2.05) is 0 Å². The minimum Gasteiger partial charge on any atom is -0.476 e. The van der Waals surface area contributed by atoms with E-state index in [4.69, 9.17) is 10.00 Å². The number of hydrogen-bond acceptors (Lipinski definition) is 3. The first-order valence-electron chi connectivity index (χ1n) is 4.68. The van der Waals surface area contributed by atoms with Crippen molar-refractivity contribution in [3.63, 3.8) is 0 Å². The molecule has 0 fully saturated rings. The van der Waals surface area contributed by atoms with Gasteiger partial charge in [0.2, 0.25) is 0 Å². The molecule has 2 rings (SSSR count). The third-order valence-corrected chi connectivity index (χ3v) is 2.35. The van der Waals surface area contributed by atoms with E-state index in [9.17, 15) is 9.18 Å². The number of halogens is 1. The second kappa shape index (κ2) is 3.20. The first-order valence-corrected chi connectivity index (χ1v) is 4.68. The third kappa shape index (κ3) is 1.48. The van der Waals surface area contributed by atoms with Crippen LogP contribution in [0.4, 0.5) is 10.1 Å². The van der Waals surface area contributed by atoms with E-state index in [1.54, 1.807) is 19.9 Å². The molecule has 16 heavy (non-hydrogen) atoms. The number of carbonyl (C=O) groups excluding carboxylic acids is 1. The van der Waals surface area contributed by atoms with Crippen LogP contribution in [0.2, 0.25) is 0 Å². The van der Waals surface area contributed by atoms with Crippen LogP contribution in [0.1, 0.15) is 19.4 Å². The van der Waals surface area contributed by atoms with Crippen molar-refractivity contribution in [3.8, 4) is 11.8 Å². The Bertz CT molecular complexity index is 517. The zero-order valence-electron chi connectivity index (χ0n) is 8.80. The number of carbonyl (C=O) groups is 1. The van der Waals surface area contributed by atoms with Gasteiger partial charge in [0.05, 0.1) is 11.3 Å². The Morgan fingerprint density at radius 1 is 1.50 bits per heavy atom. The molecule has 0 aromatic heterocycles. The minimum absolute atomic E-state index is 0.123. The van der Waals surface area contributed by atoms with Crippen LogP contribution in [0.15, 0.2) is 12.1 Å². The van der Waals surface area contributed by atoms with E-state index >= 15 is 0 Å². The molecule has 5 heteroatoms. The number of fused-ring (bicyclic) bond motifs is 1. The Labute approximate surface area is 91.6 Å². The highest BCUT2D eigenvalue weighted by Crippen LogP contribution is 2.35. The molecule has 4 nitrogen and oxygen atoms in total. The molecule has 0 saturated heterocycles. The van der Waals surface area contributed by atoms with Crippen molar-refractivity contribution in [2.45, 2.75) is 19.4 Å². The van der Waals surface area contributed by atoms with Crippen LogP contribution in [0, 0.1) is 17.1 Å². The fourth-order valence-corrected chi connectivity index (χ4v) is 1.42. The zero-order chi connectivity index (χ0) is 11.9. The largest absolute Gasteiger partial charge is 0.476 e. The number of rotatable bonds is 0. The summed E-state index contributed by atoms with van der Waals surface area (Å²) in [5.41, 5.74) is -0.835. The van der Waals surface area contributed by atoms with Crippen LogP contribution >= 0.6 is 0 Å². The summed E-state index contributed by atoms with van der Waals surface area (Å²) in [6.07, 6.45) is 0. The van der Waals surface area contributed by atoms with Crippen LogP contribution in [0.25, 0.3) is 0 Å². The molecular weight excluding hydrogens is 211 g/mol. The van der Waals surface area contributed by atoms with Crippen molar-refractivity contribution in [1.29, 1.82) is 5.26 Å². The molecule has 0 unspecified atom stereocenters. The Morgan fingerprint density at radius 2 is 2.19 bits per heavy atom. The molecule has 1 heterocycles. The van der Waals surface area contributed by atoms with Crippen molar-refractivity contribution >= 4 is 11.6 Å². The van der Waals surface area contributed by atoms with Crippen molar-refractivity contribution in [1.82, 2.24) is 0 Å². The van der Waals surface area contributed by atoms with Gasteiger partial charge < -0.3 is 10.1 Å². The quantitative estimate of drug-likeness (QED) is 0.725. The number of nitriles is 1. The highest BCUT2D eigenvalue weighted by atomic mass is 19.1. The standard InChI is InChI=1S/C11H9FN2O2/c1-11(2)10(15)14-8-3-6(5-13)7(12)4-9(8)16-11/h3-4H,1-2H3,(H,14,15). The summed E-state index contributed by atoms with van der Waals surface area (Å²) in [4.78, 5) is 11.6. The third-order valence-electron chi connectivity index (χ3n) is 2.35. The summed E-state index contributed by atoms with van der Waals surface area (Å²) in [6.45, 7) is 3.17. The predicted octanol–water partition coefficient (Wildman–Crippen LogP) is 1.81. The molecular formula is C11H9FN2O2. The summed E-state index contributed by atoms with van der Waals surface area (Å²) in [5.74, 6) is -0.746. The summed E-state index contributed by atoms with van der Waals surface area (Å²) in [5, 5.41) is 11.2. The number of amides is 1.